The van der Waals surface area contributed by atoms with Gasteiger partial charge in [-0.15, -0.1) is 6.42 Å². The van der Waals surface area contributed by atoms with Gasteiger partial charge in [-0.25, -0.2) is 0 Å². The van der Waals surface area contributed by atoms with E-state index in [1.807, 2.05) is 0 Å². The van der Waals surface area contributed by atoms with Gasteiger partial charge in [0.25, 0.3) is 0 Å². The van der Waals surface area contributed by atoms with E-state index in [0.717, 1.165) is 12.1 Å². The summed E-state index contributed by atoms with van der Waals surface area (Å²) in [6, 6.07) is 3.61. The number of ether oxygens (including phenoxy) is 1. The standard InChI is InChI=1S/C11H10FNO3/c1-3-8(2)16-7-9-4-5-11(13(14)15)10(12)6-9/h1,4-6,8H,7H2,2H3. The monoisotopic (exact) mass is 223 g/mol. The molecule has 16 heavy (non-hydrogen) atoms. The molecular formula is C11H10FNO3. The second-order valence-electron chi connectivity index (χ2n) is 3.16. The van der Waals surface area contributed by atoms with Crippen LogP contribution >= 0.6 is 0 Å². The fourth-order valence-electron chi connectivity index (χ4n) is 1.06. The second-order valence-corrected chi connectivity index (χ2v) is 3.16. The third-order valence-corrected chi connectivity index (χ3v) is 1.94. The number of rotatable bonds is 4. The summed E-state index contributed by atoms with van der Waals surface area (Å²) in [4.78, 5) is 9.58. The Morgan fingerprint density at radius 3 is 2.88 bits per heavy atom. The SMILES string of the molecule is C#CC(C)OCc1ccc([N+](=O)[O-])c(F)c1. The summed E-state index contributed by atoms with van der Waals surface area (Å²) in [5, 5.41) is 10.4. The lowest BCUT2D eigenvalue weighted by molar-refractivity contribution is -0.387. The average molecular weight is 223 g/mol. The lowest BCUT2D eigenvalue weighted by atomic mass is 10.2. The first-order valence-electron chi connectivity index (χ1n) is 4.55. The van der Waals surface area contributed by atoms with Crippen molar-refractivity contribution in [1.82, 2.24) is 0 Å². The summed E-state index contributed by atoms with van der Waals surface area (Å²) < 4.78 is 18.3. The Hall–Kier alpha value is -1.93. The van der Waals surface area contributed by atoms with Crippen molar-refractivity contribution in [1.29, 1.82) is 0 Å². The maximum atomic E-state index is 13.2. The molecule has 0 aliphatic rings. The van der Waals surface area contributed by atoms with Gasteiger partial charge in [0.15, 0.2) is 0 Å². The van der Waals surface area contributed by atoms with Crippen LogP contribution < -0.4 is 0 Å². The molecule has 0 amide bonds. The molecule has 0 fully saturated rings. The molecule has 1 aromatic rings. The predicted molar refractivity (Wildman–Crippen MR) is 56.1 cm³/mol. The minimum absolute atomic E-state index is 0.125. The van der Waals surface area contributed by atoms with Crippen molar-refractivity contribution in [3.8, 4) is 12.3 Å². The van der Waals surface area contributed by atoms with E-state index >= 15 is 0 Å². The minimum Gasteiger partial charge on any atom is -0.361 e. The molecule has 0 bridgehead atoms. The Morgan fingerprint density at radius 2 is 2.38 bits per heavy atom. The molecule has 1 unspecified atom stereocenters. The van der Waals surface area contributed by atoms with Gasteiger partial charge in [0.05, 0.1) is 11.5 Å². The molecule has 0 spiro atoms. The molecule has 0 N–H and O–H groups in total. The second kappa shape index (κ2) is 5.24. The molecule has 0 saturated heterocycles. The van der Waals surface area contributed by atoms with E-state index in [2.05, 4.69) is 5.92 Å². The van der Waals surface area contributed by atoms with Crippen LogP contribution in [0.3, 0.4) is 0 Å². The molecular weight excluding hydrogens is 213 g/mol. The zero-order valence-corrected chi connectivity index (χ0v) is 8.64. The number of nitro benzene ring substituents is 1. The number of hydrogen-bond acceptors (Lipinski definition) is 3. The van der Waals surface area contributed by atoms with Gasteiger partial charge in [-0.2, -0.15) is 4.39 Å². The molecule has 5 heteroatoms. The van der Waals surface area contributed by atoms with Gasteiger partial charge < -0.3 is 4.74 Å². The topological polar surface area (TPSA) is 52.4 Å². The Labute approximate surface area is 92.2 Å². The highest BCUT2D eigenvalue weighted by atomic mass is 19.1. The minimum atomic E-state index is -0.875. The van der Waals surface area contributed by atoms with Crippen LogP contribution in [-0.4, -0.2) is 11.0 Å². The number of halogens is 1. The van der Waals surface area contributed by atoms with Crippen LogP contribution in [0.4, 0.5) is 10.1 Å². The largest absolute Gasteiger partial charge is 0.361 e. The van der Waals surface area contributed by atoms with Crippen molar-refractivity contribution in [3.05, 3.63) is 39.7 Å². The van der Waals surface area contributed by atoms with Crippen LogP contribution in [-0.2, 0) is 11.3 Å². The van der Waals surface area contributed by atoms with Crippen LogP contribution in [0.15, 0.2) is 18.2 Å². The first-order valence-corrected chi connectivity index (χ1v) is 4.55. The highest BCUT2D eigenvalue weighted by molar-refractivity contribution is 5.34. The van der Waals surface area contributed by atoms with Gasteiger partial charge in [-0.1, -0.05) is 5.92 Å². The van der Waals surface area contributed by atoms with E-state index in [1.54, 1.807) is 6.92 Å². The molecule has 4 nitrogen and oxygen atoms in total. The van der Waals surface area contributed by atoms with Gasteiger partial charge in [0.2, 0.25) is 5.82 Å². The molecule has 1 aromatic carbocycles. The highest BCUT2D eigenvalue weighted by Crippen LogP contribution is 2.18. The lowest BCUT2D eigenvalue weighted by Gasteiger charge is -2.06. The highest BCUT2D eigenvalue weighted by Gasteiger charge is 2.13. The fraction of sp³-hybridized carbons (Fsp3) is 0.273. The van der Waals surface area contributed by atoms with Crippen LogP contribution in [0.5, 0.6) is 0 Å². The van der Waals surface area contributed by atoms with Crippen molar-refractivity contribution in [3.63, 3.8) is 0 Å². The Balaban J connectivity index is 2.75. The molecule has 0 heterocycles. The Kier molecular flexibility index (Phi) is 3.97. The van der Waals surface area contributed by atoms with E-state index in [1.165, 1.54) is 6.07 Å². The van der Waals surface area contributed by atoms with Crippen LogP contribution in [0.2, 0.25) is 0 Å². The van der Waals surface area contributed by atoms with E-state index in [-0.39, 0.29) is 12.7 Å². The summed E-state index contributed by atoms with van der Waals surface area (Å²) in [6.45, 7) is 1.81. The molecule has 0 aliphatic carbocycles. The summed E-state index contributed by atoms with van der Waals surface area (Å²) in [6.07, 6.45) is 4.71. The molecule has 0 aliphatic heterocycles. The van der Waals surface area contributed by atoms with Crippen LogP contribution in [0.1, 0.15) is 12.5 Å². The van der Waals surface area contributed by atoms with E-state index in [0.29, 0.717) is 5.56 Å². The first-order chi connectivity index (χ1) is 7.54. The van der Waals surface area contributed by atoms with E-state index < -0.39 is 16.4 Å². The van der Waals surface area contributed by atoms with Crippen molar-refractivity contribution in [2.45, 2.75) is 19.6 Å². The summed E-state index contributed by atoms with van der Waals surface area (Å²) in [5.74, 6) is 1.48. The van der Waals surface area contributed by atoms with Crippen molar-refractivity contribution >= 4 is 5.69 Å². The zero-order valence-electron chi connectivity index (χ0n) is 8.64. The number of hydrogen-bond donors (Lipinski definition) is 0. The number of benzene rings is 1. The number of nitrogens with zero attached hydrogens (tertiary/aromatic N) is 1. The van der Waals surface area contributed by atoms with Gasteiger partial charge in [0, 0.05) is 6.07 Å². The maximum Gasteiger partial charge on any atom is 0.304 e. The van der Waals surface area contributed by atoms with Gasteiger partial charge in [-0.3, -0.25) is 10.1 Å². The summed E-state index contributed by atoms with van der Waals surface area (Å²) in [7, 11) is 0. The van der Waals surface area contributed by atoms with Crippen molar-refractivity contribution in [2.24, 2.45) is 0 Å². The Morgan fingerprint density at radius 1 is 1.69 bits per heavy atom. The van der Waals surface area contributed by atoms with Crippen molar-refractivity contribution < 1.29 is 14.1 Å². The van der Waals surface area contributed by atoms with E-state index in [9.17, 15) is 14.5 Å². The maximum absolute atomic E-state index is 13.2. The Bertz CT molecular complexity index is 439. The third-order valence-electron chi connectivity index (χ3n) is 1.94. The van der Waals surface area contributed by atoms with Crippen molar-refractivity contribution in [2.75, 3.05) is 0 Å². The van der Waals surface area contributed by atoms with Crippen LogP contribution in [0, 0.1) is 28.3 Å². The molecule has 0 saturated carbocycles. The lowest BCUT2D eigenvalue weighted by Crippen LogP contribution is -2.05. The average Bonchev–Trinajstić information content (AvgIpc) is 2.25. The smallest absolute Gasteiger partial charge is 0.304 e. The van der Waals surface area contributed by atoms with Gasteiger partial charge >= 0.3 is 5.69 Å². The van der Waals surface area contributed by atoms with Gasteiger partial charge in [-0.05, 0) is 24.6 Å². The number of nitro groups is 1. The fourth-order valence-corrected chi connectivity index (χ4v) is 1.06. The van der Waals surface area contributed by atoms with Crippen LogP contribution in [0.25, 0.3) is 0 Å². The normalized spacial score (nSPS) is 11.8. The third kappa shape index (κ3) is 3.04. The number of terminal acetylenes is 1. The summed E-state index contributed by atoms with van der Waals surface area (Å²) >= 11 is 0. The predicted octanol–water partition coefficient (Wildman–Crippen LogP) is 2.27. The zero-order chi connectivity index (χ0) is 12.1. The molecule has 1 rings (SSSR count). The summed E-state index contributed by atoms with van der Waals surface area (Å²) in [5.41, 5.74) is -0.0426. The van der Waals surface area contributed by atoms with Gasteiger partial charge in [0.1, 0.15) is 6.10 Å². The molecule has 0 aromatic heterocycles. The first kappa shape index (κ1) is 12.1. The quantitative estimate of drug-likeness (QED) is 0.447. The molecule has 84 valence electrons. The molecule has 0 radical (unpaired) electrons. The molecule has 1 atom stereocenters. The van der Waals surface area contributed by atoms with E-state index in [4.69, 9.17) is 11.2 Å².